The molecule has 4 heteroatoms. The first-order valence-corrected chi connectivity index (χ1v) is 4.67. The van der Waals surface area contributed by atoms with Crippen LogP contribution in [0.15, 0.2) is 22.7 Å². The van der Waals surface area contributed by atoms with E-state index in [-0.39, 0.29) is 12.6 Å². The van der Waals surface area contributed by atoms with Crippen LogP contribution in [-0.2, 0) is 0 Å². The van der Waals surface area contributed by atoms with Crippen LogP contribution in [0.25, 0.3) is 0 Å². The lowest BCUT2D eigenvalue weighted by Crippen LogP contribution is -2.14. The maximum atomic E-state index is 8.86. The third kappa shape index (κ3) is 2.69. The number of hydrogen-bond donors (Lipinski definition) is 2. The Hall–Kier alpha value is -0.580. The van der Waals surface area contributed by atoms with Gasteiger partial charge in [0.2, 0.25) is 0 Å². The van der Waals surface area contributed by atoms with E-state index in [1.54, 1.807) is 7.11 Å². The molecule has 0 spiro atoms. The van der Waals surface area contributed by atoms with E-state index in [0.717, 1.165) is 15.8 Å². The van der Waals surface area contributed by atoms with Crippen LogP contribution >= 0.6 is 15.9 Å². The first-order chi connectivity index (χ1) is 6.17. The van der Waals surface area contributed by atoms with Crippen LogP contribution in [0.3, 0.4) is 0 Å². The number of rotatable bonds is 3. The molecule has 0 saturated heterocycles. The number of aliphatic hydroxyl groups excluding tert-OH is 1. The third-order valence-electron chi connectivity index (χ3n) is 1.75. The fourth-order valence-corrected chi connectivity index (χ4v) is 1.51. The van der Waals surface area contributed by atoms with Crippen molar-refractivity contribution >= 4 is 15.9 Å². The molecule has 1 rings (SSSR count). The smallest absolute Gasteiger partial charge is 0.120 e. The standard InChI is InChI=1S/C9H12BrNO2/c1-13-8-3-6(9(11)5-12)2-7(10)4-8/h2-4,9,12H,5,11H2,1H3. The van der Waals surface area contributed by atoms with Crippen LogP contribution in [0.2, 0.25) is 0 Å². The van der Waals surface area contributed by atoms with Gasteiger partial charge in [0, 0.05) is 4.47 Å². The molecule has 0 saturated carbocycles. The fourth-order valence-electron chi connectivity index (χ4n) is 1.02. The maximum Gasteiger partial charge on any atom is 0.120 e. The van der Waals surface area contributed by atoms with Crippen molar-refractivity contribution in [2.24, 2.45) is 5.73 Å². The highest BCUT2D eigenvalue weighted by atomic mass is 79.9. The molecule has 0 radical (unpaired) electrons. The molecular formula is C9H12BrNO2. The van der Waals surface area contributed by atoms with Gasteiger partial charge in [0.1, 0.15) is 5.75 Å². The summed E-state index contributed by atoms with van der Waals surface area (Å²) >= 11 is 3.33. The summed E-state index contributed by atoms with van der Waals surface area (Å²) < 4.78 is 5.96. The zero-order valence-corrected chi connectivity index (χ0v) is 8.91. The number of halogens is 1. The van der Waals surface area contributed by atoms with Gasteiger partial charge in [0.05, 0.1) is 19.8 Å². The number of benzene rings is 1. The van der Waals surface area contributed by atoms with Crippen molar-refractivity contribution in [1.29, 1.82) is 0 Å². The Kier molecular flexibility index (Phi) is 3.71. The fraction of sp³-hybridized carbons (Fsp3) is 0.333. The van der Waals surface area contributed by atoms with Gasteiger partial charge < -0.3 is 15.6 Å². The van der Waals surface area contributed by atoms with Crippen LogP contribution in [0.4, 0.5) is 0 Å². The highest BCUT2D eigenvalue weighted by Gasteiger charge is 2.06. The van der Waals surface area contributed by atoms with Gasteiger partial charge in [-0.15, -0.1) is 0 Å². The average molecular weight is 246 g/mol. The highest BCUT2D eigenvalue weighted by Crippen LogP contribution is 2.23. The molecule has 1 aromatic rings. The molecule has 0 aromatic heterocycles. The molecule has 3 nitrogen and oxygen atoms in total. The topological polar surface area (TPSA) is 55.5 Å². The lowest BCUT2D eigenvalue weighted by atomic mass is 10.1. The summed E-state index contributed by atoms with van der Waals surface area (Å²) in [5, 5.41) is 8.86. The van der Waals surface area contributed by atoms with Crippen LogP contribution in [0, 0.1) is 0 Å². The minimum Gasteiger partial charge on any atom is -0.497 e. The second kappa shape index (κ2) is 4.60. The van der Waals surface area contributed by atoms with Gasteiger partial charge in [0.25, 0.3) is 0 Å². The molecule has 1 unspecified atom stereocenters. The van der Waals surface area contributed by atoms with Crippen molar-refractivity contribution in [1.82, 2.24) is 0 Å². The molecule has 0 aliphatic carbocycles. The number of aliphatic hydroxyl groups is 1. The molecule has 1 atom stereocenters. The minimum absolute atomic E-state index is 0.0698. The van der Waals surface area contributed by atoms with Crippen molar-refractivity contribution in [2.75, 3.05) is 13.7 Å². The summed E-state index contributed by atoms with van der Waals surface area (Å²) in [6.45, 7) is -0.0698. The van der Waals surface area contributed by atoms with Crippen LogP contribution in [0.5, 0.6) is 5.75 Å². The van der Waals surface area contributed by atoms with Gasteiger partial charge in [-0.2, -0.15) is 0 Å². The number of hydrogen-bond acceptors (Lipinski definition) is 3. The van der Waals surface area contributed by atoms with E-state index in [4.69, 9.17) is 15.6 Å². The summed E-state index contributed by atoms with van der Waals surface area (Å²) in [5.41, 5.74) is 6.52. The quantitative estimate of drug-likeness (QED) is 0.848. The average Bonchev–Trinajstić information content (AvgIpc) is 2.15. The Labute approximate surface area is 85.6 Å². The predicted molar refractivity (Wildman–Crippen MR) is 54.7 cm³/mol. The Morgan fingerprint density at radius 3 is 2.77 bits per heavy atom. The monoisotopic (exact) mass is 245 g/mol. The van der Waals surface area contributed by atoms with Crippen molar-refractivity contribution in [2.45, 2.75) is 6.04 Å². The summed E-state index contributed by atoms with van der Waals surface area (Å²) in [6.07, 6.45) is 0. The van der Waals surface area contributed by atoms with E-state index in [2.05, 4.69) is 15.9 Å². The van der Waals surface area contributed by atoms with Crippen LogP contribution in [-0.4, -0.2) is 18.8 Å². The first kappa shape index (κ1) is 10.5. The Morgan fingerprint density at radius 2 is 2.23 bits per heavy atom. The summed E-state index contributed by atoms with van der Waals surface area (Å²) in [5.74, 6) is 0.730. The van der Waals surface area contributed by atoms with E-state index in [1.807, 2.05) is 18.2 Å². The molecule has 0 bridgehead atoms. The van der Waals surface area contributed by atoms with E-state index in [1.165, 1.54) is 0 Å². The third-order valence-corrected chi connectivity index (χ3v) is 2.21. The maximum absolute atomic E-state index is 8.86. The molecule has 72 valence electrons. The van der Waals surface area contributed by atoms with E-state index >= 15 is 0 Å². The number of methoxy groups -OCH3 is 1. The number of nitrogens with two attached hydrogens (primary N) is 1. The molecule has 0 aliphatic rings. The van der Waals surface area contributed by atoms with Crippen molar-refractivity contribution in [3.05, 3.63) is 28.2 Å². The zero-order valence-electron chi connectivity index (χ0n) is 7.33. The van der Waals surface area contributed by atoms with E-state index < -0.39 is 0 Å². The zero-order chi connectivity index (χ0) is 9.84. The van der Waals surface area contributed by atoms with E-state index in [0.29, 0.717) is 0 Å². The molecule has 0 aliphatic heterocycles. The molecule has 0 heterocycles. The van der Waals surface area contributed by atoms with Crippen LogP contribution < -0.4 is 10.5 Å². The highest BCUT2D eigenvalue weighted by molar-refractivity contribution is 9.10. The van der Waals surface area contributed by atoms with Crippen molar-refractivity contribution in [3.8, 4) is 5.75 Å². The Bertz CT molecular complexity index is 291. The first-order valence-electron chi connectivity index (χ1n) is 3.88. The molecule has 0 fully saturated rings. The Morgan fingerprint density at radius 1 is 1.54 bits per heavy atom. The summed E-state index contributed by atoms with van der Waals surface area (Å²) in [6, 6.07) is 5.16. The van der Waals surface area contributed by atoms with Gasteiger partial charge in [-0.25, -0.2) is 0 Å². The van der Waals surface area contributed by atoms with Crippen LogP contribution in [0.1, 0.15) is 11.6 Å². The Balaban J connectivity index is 3.01. The van der Waals surface area contributed by atoms with Crippen molar-refractivity contribution in [3.63, 3.8) is 0 Å². The lowest BCUT2D eigenvalue weighted by molar-refractivity contribution is 0.267. The summed E-state index contributed by atoms with van der Waals surface area (Å²) in [7, 11) is 1.59. The van der Waals surface area contributed by atoms with Gasteiger partial charge in [-0.3, -0.25) is 0 Å². The lowest BCUT2D eigenvalue weighted by Gasteiger charge is -2.10. The van der Waals surface area contributed by atoms with Gasteiger partial charge in [-0.05, 0) is 23.8 Å². The second-order valence-electron chi connectivity index (χ2n) is 2.71. The predicted octanol–water partition coefficient (Wildman–Crippen LogP) is 1.45. The van der Waals surface area contributed by atoms with Gasteiger partial charge in [-0.1, -0.05) is 15.9 Å². The van der Waals surface area contributed by atoms with Gasteiger partial charge >= 0.3 is 0 Å². The molecule has 3 N–H and O–H groups in total. The van der Waals surface area contributed by atoms with E-state index in [9.17, 15) is 0 Å². The van der Waals surface area contributed by atoms with Gasteiger partial charge in [0.15, 0.2) is 0 Å². The SMILES string of the molecule is COc1cc(Br)cc(C(N)CO)c1. The normalized spacial score (nSPS) is 12.6. The summed E-state index contributed by atoms with van der Waals surface area (Å²) in [4.78, 5) is 0. The molecule has 0 amide bonds. The largest absolute Gasteiger partial charge is 0.497 e. The molecule has 13 heavy (non-hydrogen) atoms. The van der Waals surface area contributed by atoms with Crippen molar-refractivity contribution < 1.29 is 9.84 Å². The molecular weight excluding hydrogens is 234 g/mol. The minimum atomic E-state index is -0.355. The number of ether oxygens (including phenoxy) is 1. The second-order valence-corrected chi connectivity index (χ2v) is 3.63. The molecule has 1 aromatic carbocycles.